The largest absolute Gasteiger partial charge is 0.277 e. The van der Waals surface area contributed by atoms with Gasteiger partial charge in [-0.1, -0.05) is 95.0 Å². The first kappa shape index (κ1) is 23.6. The monoisotopic (exact) mass is 520 g/mol. The van der Waals surface area contributed by atoms with Gasteiger partial charge in [-0.3, -0.25) is 4.79 Å². The van der Waals surface area contributed by atoms with Crippen molar-refractivity contribution >= 4 is 67.8 Å². The second-order valence-electron chi connectivity index (χ2n) is 7.76. The zero-order valence-corrected chi connectivity index (χ0v) is 21.1. The van der Waals surface area contributed by atoms with Crippen LogP contribution in [0, 0.1) is 0 Å². The Morgan fingerprint density at radius 3 is 2.09 bits per heavy atom. The summed E-state index contributed by atoms with van der Waals surface area (Å²) in [6.45, 7) is 2.15. The highest BCUT2D eigenvalue weighted by Gasteiger charge is 2.21. The van der Waals surface area contributed by atoms with E-state index in [2.05, 4.69) is 13.0 Å². The third kappa shape index (κ3) is 5.00. The standard InChI is InChI=1S/C26H20Cl4OS/c1-2-17(11-15-7-9-20(27)22(29)13-15)25-18-5-3-4-6-24(18)32-26(31)19(25)12-16-8-10-21(28)23(30)14-16/h3-10,13-14,17H,2,11-12H2,1H3. The summed E-state index contributed by atoms with van der Waals surface area (Å²) in [4.78, 5) is 13.3. The van der Waals surface area contributed by atoms with Crippen molar-refractivity contribution in [2.75, 3.05) is 0 Å². The van der Waals surface area contributed by atoms with Crippen LogP contribution in [-0.2, 0) is 12.8 Å². The molecule has 0 spiro atoms. The predicted octanol–water partition coefficient (Wildman–Crippen LogP) is 9.20. The van der Waals surface area contributed by atoms with Crippen LogP contribution >= 0.6 is 57.7 Å². The van der Waals surface area contributed by atoms with Gasteiger partial charge in [0, 0.05) is 16.7 Å². The molecule has 0 fully saturated rings. The Hall–Kier alpha value is -1.55. The van der Waals surface area contributed by atoms with Crippen molar-refractivity contribution in [2.24, 2.45) is 0 Å². The lowest BCUT2D eigenvalue weighted by molar-refractivity contribution is 0.659. The first-order valence-electron chi connectivity index (χ1n) is 10.3. The molecule has 164 valence electrons. The van der Waals surface area contributed by atoms with E-state index in [9.17, 15) is 4.79 Å². The van der Waals surface area contributed by atoms with Gasteiger partial charge < -0.3 is 0 Å². The number of rotatable bonds is 6. The van der Waals surface area contributed by atoms with Crippen LogP contribution < -0.4 is 4.74 Å². The maximum Gasteiger partial charge on any atom is 0.236 e. The Kier molecular flexibility index (Phi) is 7.49. The van der Waals surface area contributed by atoms with Crippen molar-refractivity contribution < 1.29 is 0 Å². The number of benzene rings is 3. The van der Waals surface area contributed by atoms with Gasteiger partial charge in [-0.25, -0.2) is 0 Å². The SMILES string of the molecule is CCC(Cc1ccc(Cl)c(Cl)c1)c1c(Cc2ccc(Cl)c(Cl)c2)c(=O)sc2ccccc12. The zero-order valence-electron chi connectivity index (χ0n) is 17.3. The number of hydrogen-bond donors (Lipinski definition) is 0. The normalized spacial score (nSPS) is 12.3. The third-order valence-electron chi connectivity index (χ3n) is 5.68. The molecule has 0 aliphatic carbocycles. The van der Waals surface area contributed by atoms with Crippen molar-refractivity contribution in [3.63, 3.8) is 0 Å². The smallest absolute Gasteiger partial charge is 0.236 e. The van der Waals surface area contributed by atoms with E-state index in [0.717, 1.165) is 45.2 Å². The minimum absolute atomic E-state index is 0.0809. The molecular formula is C26H20Cl4OS. The van der Waals surface area contributed by atoms with E-state index >= 15 is 0 Å². The molecule has 0 amide bonds. The minimum atomic E-state index is 0.0809. The maximum atomic E-state index is 13.3. The summed E-state index contributed by atoms with van der Waals surface area (Å²) in [6, 6.07) is 19.4. The lowest BCUT2D eigenvalue weighted by Crippen LogP contribution is -2.15. The van der Waals surface area contributed by atoms with Gasteiger partial charge in [0.1, 0.15) is 0 Å². The van der Waals surface area contributed by atoms with Gasteiger partial charge in [0.25, 0.3) is 0 Å². The minimum Gasteiger partial charge on any atom is -0.277 e. The van der Waals surface area contributed by atoms with Gasteiger partial charge in [0.05, 0.1) is 20.1 Å². The van der Waals surface area contributed by atoms with E-state index < -0.39 is 0 Å². The van der Waals surface area contributed by atoms with Gasteiger partial charge in [0.15, 0.2) is 0 Å². The van der Waals surface area contributed by atoms with E-state index in [1.165, 1.54) is 11.3 Å². The van der Waals surface area contributed by atoms with Gasteiger partial charge in [-0.05, 0) is 71.2 Å². The molecule has 1 nitrogen and oxygen atoms in total. The molecule has 0 aliphatic heterocycles. The van der Waals surface area contributed by atoms with Crippen LogP contribution in [0.4, 0.5) is 0 Å². The highest BCUT2D eigenvalue weighted by molar-refractivity contribution is 7.16. The van der Waals surface area contributed by atoms with Gasteiger partial charge in [-0.2, -0.15) is 0 Å². The Morgan fingerprint density at radius 2 is 1.44 bits per heavy atom. The summed E-state index contributed by atoms with van der Waals surface area (Å²) in [5.41, 5.74) is 3.98. The van der Waals surface area contributed by atoms with E-state index in [1.807, 2.05) is 48.5 Å². The molecule has 4 rings (SSSR count). The second kappa shape index (κ2) is 10.2. The fraction of sp³-hybridized carbons (Fsp3) is 0.192. The zero-order chi connectivity index (χ0) is 22.8. The quantitative estimate of drug-likeness (QED) is 0.247. The molecule has 0 bridgehead atoms. The Bertz CT molecular complexity index is 1350. The van der Waals surface area contributed by atoms with E-state index in [0.29, 0.717) is 26.5 Å². The van der Waals surface area contributed by atoms with Gasteiger partial charge in [0.2, 0.25) is 4.74 Å². The summed E-state index contributed by atoms with van der Waals surface area (Å²) in [7, 11) is 0. The lowest BCUT2D eigenvalue weighted by Gasteiger charge is -2.21. The average molecular weight is 522 g/mol. The molecule has 32 heavy (non-hydrogen) atoms. The van der Waals surface area contributed by atoms with Crippen molar-refractivity contribution in [2.45, 2.75) is 32.1 Å². The molecule has 0 N–H and O–H groups in total. The topological polar surface area (TPSA) is 17.1 Å². The summed E-state index contributed by atoms with van der Waals surface area (Å²) in [5.74, 6) is 0.149. The van der Waals surface area contributed by atoms with Crippen LogP contribution in [0.5, 0.6) is 0 Å². The van der Waals surface area contributed by atoms with Crippen LogP contribution in [0.3, 0.4) is 0 Å². The molecule has 6 heteroatoms. The van der Waals surface area contributed by atoms with E-state index in [1.54, 1.807) is 6.07 Å². The predicted molar refractivity (Wildman–Crippen MR) is 141 cm³/mol. The average Bonchev–Trinajstić information content (AvgIpc) is 2.78. The van der Waals surface area contributed by atoms with Crippen molar-refractivity contribution in [3.8, 4) is 0 Å². The molecule has 0 radical (unpaired) electrons. The van der Waals surface area contributed by atoms with Gasteiger partial charge >= 0.3 is 0 Å². The number of hydrogen-bond acceptors (Lipinski definition) is 2. The van der Waals surface area contributed by atoms with Gasteiger partial charge in [-0.15, -0.1) is 0 Å². The molecule has 4 aromatic rings. The summed E-state index contributed by atoms with van der Waals surface area (Å²) >= 11 is 26.0. The fourth-order valence-electron chi connectivity index (χ4n) is 4.10. The molecule has 1 unspecified atom stereocenters. The van der Waals surface area contributed by atoms with Crippen molar-refractivity contribution in [1.82, 2.24) is 0 Å². The third-order valence-corrected chi connectivity index (χ3v) is 8.17. The van der Waals surface area contributed by atoms with Crippen LogP contribution in [0.2, 0.25) is 20.1 Å². The van der Waals surface area contributed by atoms with Crippen molar-refractivity contribution in [3.05, 3.63) is 113 Å². The fourth-order valence-corrected chi connectivity index (χ4v) is 5.68. The highest BCUT2D eigenvalue weighted by atomic mass is 35.5. The highest BCUT2D eigenvalue weighted by Crippen LogP contribution is 2.36. The second-order valence-corrected chi connectivity index (χ2v) is 10.4. The Labute approximate surface area is 211 Å². The summed E-state index contributed by atoms with van der Waals surface area (Å²) in [5, 5.41) is 3.20. The van der Waals surface area contributed by atoms with E-state index in [4.69, 9.17) is 46.4 Å². The van der Waals surface area contributed by atoms with Crippen LogP contribution in [0.1, 0.15) is 41.5 Å². The molecule has 3 aromatic carbocycles. The van der Waals surface area contributed by atoms with Crippen LogP contribution in [-0.4, -0.2) is 0 Å². The Morgan fingerprint density at radius 1 is 0.812 bits per heavy atom. The molecule has 0 saturated heterocycles. The molecule has 0 saturated carbocycles. The maximum absolute atomic E-state index is 13.3. The number of halogens is 4. The molecule has 0 aliphatic rings. The molecule has 1 atom stereocenters. The first-order valence-corrected chi connectivity index (χ1v) is 12.6. The summed E-state index contributed by atoms with van der Waals surface area (Å²) in [6.07, 6.45) is 2.15. The van der Waals surface area contributed by atoms with Crippen LogP contribution in [0.25, 0.3) is 10.1 Å². The summed E-state index contributed by atoms with van der Waals surface area (Å²) < 4.78 is 1.08. The van der Waals surface area contributed by atoms with Crippen LogP contribution in [0.15, 0.2) is 65.5 Å². The lowest BCUT2D eigenvalue weighted by atomic mass is 9.84. The Balaban J connectivity index is 1.86. The molecular weight excluding hydrogens is 502 g/mol. The van der Waals surface area contributed by atoms with Crippen molar-refractivity contribution in [1.29, 1.82) is 0 Å². The van der Waals surface area contributed by atoms with E-state index in [-0.39, 0.29) is 10.7 Å². The molecule has 1 aromatic heterocycles. The molecule has 1 heterocycles. The number of fused-ring (bicyclic) bond motifs is 1. The first-order chi connectivity index (χ1) is 15.4.